The lowest BCUT2D eigenvalue weighted by Crippen LogP contribution is -2.63. The van der Waals surface area contributed by atoms with E-state index in [-0.39, 0.29) is 5.41 Å². The second-order valence-corrected chi connectivity index (χ2v) is 6.20. The van der Waals surface area contributed by atoms with E-state index in [1.807, 2.05) is 19.4 Å². The molecule has 0 aromatic carbocycles. The van der Waals surface area contributed by atoms with Gasteiger partial charge in [-0.25, -0.2) is 4.99 Å². The maximum Gasteiger partial charge on any atom is 0.191 e. The van der Waals surface area contributed by atoms with Crippen molar-refractivity contribution >= 4 is 5.96 Å². The SMILES string of the molecule is CCNC(=NCc1cnn(C)c1)NC1CC(OC)C1(C)C. The van der Waals surface area contributed by atoms with Crippen LogP contribution in [0.4, 0.5) is 0 Å². The Kier molecular flexibility index (Phi) is 4.88. The average molecular weight is 293 g/mol. The second kappa shape index (κ2) is 6.47. The van der Waals surface area contributed by atoms with E-state index < -0.39 is 0 Å². The molecule has 1 fully saturated rings. The molecule has 1 aromatic rings. The number of guanidine groups is 1. The van der Waals surface area contributed by atoms with Crippen molar-refractivity contribution in [3.05, 3.63) is 18.0 Å². The monoisotopic (exact) mass is 293 g/mol. The summed E-state index contributed by atoms with van der Waals surface area (Å²) in [4.78, 5) is 4.64. The van der Waals surface area contributed by atoms with Gasteiger partial charge in [0.15, 0.2) is 5.96 Å². The first-order valence-electron chi connectivity index (χ1n) is 7.52. The summed E-state index contributed by atoms with van der Waals surface area (Å²) < 4.78 is 7.29. The molecule has 118 valence electrons. The van der Waals surface area contributed by atoms with E-state index in [0.29, 0.717) is 18.7 Å². The molecule has 0 amide bonds. The highest BCUT2D eigenvalue weighted by Gasteiger charge is 2.48. The molecule has 2 atom stereocenters. The largest absolute Gasteiger partial charge is 0.381 e. The first-order chi connectivity index (χ1) is 9.97. The molecule has 1 aliphatic carbocycles. The van der Waals surface area contributed by atoms with Gasteiger partial charge in [-0.1, -0.05) is 13.8 Å². The van der Waals surface area contributed by atoms with Gasteiger partial charge in [0.25, 0.3) is 0 Å². The van der Waals surface area contributed by atoms with Crippen LogP contribution < -0.4 is 10.6 Å². The molecule has 1 heterocycles. The highest BCUT2D eigenvalue weighted by molar-refractivity contribution is 5.80. The van der Waals surface area contributed by atoms with Gasteiger partial charge in [-0.05, 0) is 13.3 Å². The number of hydrogen-bond acceptors (Lipinski definition) is 3. The van der Waals surface area contributed by atoms with Gasteiger partial charge >= 0.3 is 0 Å². The van der Waals surface area contributed by atoms with Crippen LogP contribution in [0.2, 0.25) is 0 Å². The van der Waals surface area contributed by atoms with Crippen LogP contribution in [-0.4, -0.2) is 41.5 Å². The van der Waals surface area contributed by atoms with Crippen molar-refractivity contribution < 1.29 is 4.74 Å². The summed E-state index contributed by atoms with van der Waals surface area (Å²) in [6, 6.07) is 0.383. The van der Waals surface area contributed by atoms with Gasteiger partial charge in [-0.15, -0.1) is 0 Å². The lowest BCUT2D eigenvalue weighted by Gasteiger charge is -2.51. The highest BCUT2D eigenvalue weighted by atomic mass is 16.5. The van der Waals surface area contributed by atoms with Crippen LogP contribution in [0.1, 0.15) is 32.8 Å². The molecule has 1 aliphatic rings. The molecular weight excluding hydrogens is 266 g/mol. The molecular formula is C15H27N5O. The zero-order valence-electron chi connectivity index (χ0n) is 13.7. The predicted molar refractivity (Wildman–Crippen MR) is 84.1 cm³/mol. The van der Waals surface area contributed by atoms with E-state index in [2.05, 4.69) is 41.5 Å². The molecule has 0 radical (unpaired) electrons. The van der Waals surface area contributed by atoms with Crippen LogP contribution in [0.3, 0.4) is 0 Å². The molecule has 2 unspecified atom stereocenters. The third-order valence-electron chi connectivity index (χ3n) is 4.30. The first-order valence-corrected chi connectivity index (χ1v) is 7.52. The first kappa shape index (κ1) is 15.8. The minimum absolute atomic E-state index is 0.124. The van der Waals surface area contributed by atoms with Crippen molar-refractivity contribution in [1.82, 2.24) is 20.4 Å². The average Bonchev–Trinajstić information content (AvgIpc) is 2.85. The second-order valence-electron chi connectivity index (χ2n) is 6.20. The predicted octanol–water partition coefficient (Wildman–Crippen LogP) is 1.29. The standard InChI is InChI=1S/C15H27N5O/c1-6-16-14(17-8-11-9-18-20(4)10-11)19-12-7-13(21-5)15(12,2)3/h9-10,12-13H,6-8H2,1-5H3,(H2,16,17,19). The van der Waals surface area contributed by atoms with Crippen molar-refractivity contribution in [2.24, 2.45) is 17.5 Å². The van der Waals surface area contributed by atoms with E-state index in [0.717, 1.165) is 24.5 Å². The van der Waals surface area contributed by atoms with Crippen LogP contribution in [0.5, 0.6) is 0 Å². The number of ether oxygens (including phenoxy) is 1. The number of nitrogens with one attached hydrogen (secondary N) is 2. The molecule has 0 bridgehead atoms. The van der Waals surface area contributed by atoms with Crippen molar-refractivity contribution in [1.29, 1.82) is 0 Å². The van der Waals surface area contributed by atoms with Crippen LogP contribution in [0.15, 0.2) is 17.4 Å². The summed E-state index contributed by atoms with van der Waals surface area (Å²) in [6.45, 7) is 8.01. The third-order valence-corrected chi connectivity index (χ3v) is 4.30. The van der Waals surface area contributed by atoms with Crippen LogP contribution in [0.25, 0.3) is 0 Å². The summed E-state index contributed by atoms with van der Waals surface area (Å²) in [6.07, 6.45) is 5.17. The fourth-order valence-electron chi connectivity index (χ4n) is 2.74. The number of aryl methyl sites for hydroxylation is 1. The third kappa shape index (κ3) is 3.56. The molecule has 0 aliphatic heterocycles. The van der Waals surface area contributed by atoms with E-state index in [1.54, 1.807) is 11.8 Å². The Bertz CT molecular complexity index is 494. The van der Waals surface area contributed by atoms with Crippen LogP contribution in [-0.2, 0) is 18.3 Å². The molecule has 0 spiro atoms. The lowest BCUT2D eigenvalue weighted by molar-refractivity contribution is -0.0922. The number of methoxy groups -OCH3 is 1. The fourth-order valence-corrected chi connectivity index (χ4v) is 2.74. The summed E-state index contributed by atoms with van der Waals surface area (Å²) in [7, 11) is 3.70. The van der Waals surface area contributed by atoms with Gasteiger partial charge in [-0.3, -0.25) is 4.68 Å². The zero-order chi connectivity index (χ0) is 15.5. The van der Waals surface area contributed by atoms with E-state index >= 15 is 0 Å². The topological polar surface area (TPSA) is 63.5 Å². The van der Waals surface area contributed by atoms with Gasteiger partial charge in [0.05, 0.1) is 18.8 Å². The summed E-state index contributed by atoms with van der Waals surface area (Å²) in [5.41, 5.74) is 1.23. The highest BCUT2D eigenvalue weighted by Crippen LogP contribution is 2.42. The van der Waals surface area contributed by atoms with E-state index in [4.69, 9.17) is 4.74 Å². The Balaban J connectivity index is 1.96. The minimum atomic E-state index is 0.124. The number of rotatable bonds is 5. The van der Waals surface area contributed by atoms with Gasteiger partial charge in [0.2, 0.25) is 0 Å². The van der Waals surface area contributed by atoms with Crippen molar-refractivity contribution in [3.8, 4) is 0 Å². The van der Waals surface area contributed by atoms with Crippen molar-refractivity contribution in [2.45, 2.75) is 45.9 Å². The number of aromatic nitrogens is 2. The molecule has 6 heteroatoms. The van der Waals surface area contributed by atoms with Crippen molar-refractivity contribution in [3.63, 3.8) is 0 Å². The van der Waals surface area contributed by atoms with Crippen LogP contribution >= 0.6 is 0 Å². The Morgan fingerprint density at radius 1 is 1.57 bits per heavy atom. The van der Waals surface area contributed by atoms with E-state index in [9.17, 15) is 0 Å². The molecule has 0 saturated heterocycles. The minimum Gasteiger partial charge on any atom is -0.381 e. The lowest BCUT2D eigenvalue weighted by atomic mass is 9.64. The molecule has 2 rings (SSSR count). The number of hydrogen-bond donors (Lipinski definition) is 2. The normalized spacial score (nSPS) is 24.5. The zero-order valence-corrected chi connectivity index (χ0v) is 13.7. The molecule has 6 nitrogen and oxygen atoms in total. The Hall–Kier alpha value is -1.56. The summed E-state index contributed by atoms with van der Waals surface area (Å²) in [5.74, 6) is 0.856. The maximum absolute atomic E-state index is 5.49. The van der Waals surface area contributed by atoms with Gasteiger partial charge in [0, 0.05) is 43.9 Å². The maximum atomic E-state index is 5.49. The molecule has 1 saturated carbocycles. The Morgan fingerprint density at radius 3 is 2.86 bits per heavy atom. The molecule has 21 heavy (non-hydrogen) atoms. The Morgan fingerprint density at radius 2 is 2.33 bits per heavy atom. The number of nitrogens with zero attached hydrogens (tertiary/aromatic N) is 3. The van der Waals surface area contributed by atoms with Crippen LogP contribution in [0, 0.1) is 5.41 Å². The van der Waals surface area contributed by atoms with Gasteiger partial charge in [-0.2, -0.15) is 5.10 Å². The fraction of sp³-hybridized carbons (Fsp3) is 0.733. The van der Waals surface area contributed by atoms with Gasteiger partial charge < -0.3 is 15.4 Å². The van der Waals surface area contributed by atoms with Gasteiger partial charge in [0.1, 0.15) is 0 Å². The van der Waals surface area contributed by atoms with Crippen molar-refractivity contribution in [2.75, 3.05) is 13.7 Å². The molecule has 1 aromatic heterocycles. The number of aliphatic imine (C=N–C) groups is 1. The molecule has 2 N–H and O–H groups in total. The smallest absolute Gasteiger partial charge is 0.191 e. The summed E-state index contributed by atoms with van der Waals surface area (Å²) in [5, 5.41) is 11.0. The Labute approximate surface area is 127 Å². The summed E-state index contributed by atoms with van der Waals surface area (Å²) >= 11 is 0. The quantitative estimate of drug-likeness (QED) is 0.634. The van der Waals surface area contributed by atoms with E-state index in [1.165, 1.54) is 0 Å².